The summed E-state index contributed by atoms with van der Waals surface area (Å²) in [4.78, 5) is 40.0. The van der Waals surface area contributed by atoms with Gasteiger partial charge in [0, 0.05) is 35.0 Å². The molecule has 0 aliphatic heterocycles. The molecule has 136 valence electrons. The number of nitrogens with zero attached hydrogens (tertiary/aromatic N) is 1. The molecule has 2 rings (SSSR count). The smallest absolute Gasteiger partial charge is 0.305 e. The SMILES string of the molecule is COC(=O)CC[C@H](N)C(=O)Nc1ccc(Cl)cc1C(=O)c1cccnc1. The standard InChI is InChI=1S/C18H18ClN3O4/c1-26-16(23)7-5-14(20)18(25)22-15-6-4-12(19)9-13(15)17(24)11-3-2-8-21-10-11/h2-4,6,8-10,14H,5,7,20H2,1H3,(H,22,25)/t14-/m0/s1. The third kappa shape index (κ3) is 5.11. The van der Waals surface area contributed by atoms with Crippen molar-refractivity contribution in [3.63, 3.8) is 0 Å². The molecule has 1 heterocycles. The van der Waals surface area contributed by atoms with Gasteiger partial charge in [0.25, 0.3) is 0 Å². The molecule has 0 spiro atoms. The van der Waals surface area contributed by atoms with Crippen molar-refractivity contribution in [2.75, 3.05) is 12.4 Å². The lowest BCUT2D eigenvalue weighted by Gasteiger charge is -2.14. The Kier molecular flexibility index (Phi) is 6.82. The number of methoxy groups -OCH3 is 1. The molecule has 0 bridgehead atoms. The van der Waals surface area contributed by atoms with E-state index in [1.807, 2.05) is 0 Å². The number of nitrogens with two attached hydrogens (primary N) is 1. The Labute approximate surface area is 155 Å². The molecule has 0 aliphatic carbocycles. The number of halogens is 1. The van der Waals surface area contributed by atoms with Crippen molar-refractivity contribution in [1.29, 1.82) is 0 Å². The van der Waals surface area contributed by atoms with E-state index in [0.717, 1.165) is 0 Å². The van der Waals surface area contributed by atoms with Crippen LogP contribution in [0.25, 0.3) is 0 Å². The molecule has 0 radical (unpaired) electrons. The molecule has 1 amide bonds. The minimum atomic E-state index is -0.925. The lowest BCUT2D eigenvalue weighted by Crippen LogP contribution is -2.36. The minimum Gasteiger partial charge on any atom is -0.469 e. The Bertz CT molecular complexity index is 811. The first-order chi connectivity index (χ1) is 12.4. The second-order valence-corrected chi connectivity index (χ2v) is 5.91. The Morgan fingerprint density at radius 2 is 2.08 bits per heavy atom. The number of esters is 1. The number of amides is 1. The zero-order valence-corrected chi connectivity index (χ0v) is 14.8. The van der Waals surface area contributed by atoms with Crippen molar-refractivity contribution in [2.45, 2.75) is 18.9 Å². The van der Waals surface area contributed by atoms with E-state index in [4.69, 9.17) is 17.3 Å². The monoisotopic (exact) mass is 375 g/mol. The Morgan fingerprint density at radius 1 is 1.31 bits per heavy atom. The molecule has 0 unspecified atom stereocenters. The van der Waals surface area contributed by atoms with Crippen LogP contribution >= 0.6 is 11.6 Å². The molecule has 2 aromatic rings. The first kappa shape index (κ1) is 19.6. The second-order valence-electron chi connectivity index (χ2n) is 5.47. The lowest BCUT2D eigenvalue weighted by atomic mass is 10.0. The average molecular weight is 376 g/mol. The highest BCUT2D eigenvalue weighted by Gasteiger charge is 2.20. The van der Waals surface area contributed by atoms with Crippen molar-refractivity contribution in [3.8, 4) is 0 Å². The van der Waals surface area contributed by atoms with Gasteiger partial charge in [0.15, 0.2) is 5.78 Å². The van der Waals surface area contributed by atoms with E-state index in [1.165, 1.54) is 25.4 Å². The molecule has 26 heavy (non-hydrogen) atoms. The van der Waals surface area contributed by atoms with Crippen LogP contribution in [0.4, 0.5) is 5.69 Å². The van der Waals surface area contributed by atoms with Gasteiger partial charge < -0.3 is 15.8 Å². The summed E-state index contributed by atoms with van der Waals surface area (Å²) in [5.41, 5.74) is 6.66. The fraction of sp³-hybridized carbons (Fsp3) is 0.222. The molecule has 8 heteroatoms. The molecular formula is C18H18ClN3O4. The fourth-order valence-electron chi connectivity index (χ4n) is 2.20. The van der Waals surface area contributed by atoms with E-state index in [9.17, 15) is 14.4 Å². The van der Waals surface area contributed by atoms with E-state index in [1.54, 1.807) is 24.4 Å². The van der Waals surface area contributed by atoms with Crippen LogP contribution in [0, 0.1) is 0 Å². The molecule has 0 fully saturated rings. The molecule has 1 aromatic carbocycles. The van der Waals surface area contributed by atoms with Crippen LogP contribution in [0.1, 0.15) is 28.8 Å². The summed E-state index contributed by atoms with van der Waals surface area (Å²) in [6.07, 6.45) is 3.12. The van der Waals surface area contributed by atoms with Gasteiger partial charge in [-0.1, -0.05) is 11.6 Å². The van der Waals surface area contributed by atoms with Gasteiger partial charge in [-0.15, -0.1) is 0 Å². The number of pyridine rings is 1. The van der Waals surface area contributed by atoms with Crippen molar-refractivity contribution in [2.24, 2.45) is 5.73 Å². The van der Waals surface area contributed by atoms with Gasteiger partial charge in [-0.25, -0.2) is 0 Å². The van der Waals surface area contributed by atoms with Gasteiger partial charge in [-0.05, 0) is 36.8 Å². The van der Waals surface area contributed by atoms with Crippen LogP contribution in [-0.4, -0.2) is 35.8 Å². The Balaban J connectivity index is 2.18. The summed E-state index contributed by atoms with van der Waals surface area (Å²) in [6, 6.07) is 6.87. The molecule has 1 aromatic heterocycles. The van der Waals surface area contributed by atoms with Crippen LogP contribution in [0.3, 0.4) is 0 Å². The van der Waals surface area contributed by atoms with E-state index >= 15 is 0 Å². The molecular weight excluding hydrogens is 358 g/mol. The second kappa shape index (κ2) is 9.07. The van der Waals surface area contributed by atoms with Crippen LogP contribution in [-0.2, 0) is 14.3 Å². The predicted octanol–water partition coefficient (Wildman–Crippen LogP) is 2.18. The van der Waals surface area contributed by atoms with Gasteiger partial charge >= 0.3 is 5.97 Å². The lowest BCUT2D eigenvalue weighted by molar-refractivity contribution is -0.140. The number of aromatic nitrogens is 1. The van der Waals surface area contributed by atoms with Gasteiger partial charge in [0.2, 0.25) is 5.91 Å². The molecule has 7 nitrogen and oxygen atoms in total. The quantitative estimate of drug-likeness (QED) is 0.566. The Morgan fingerprint density at radius 3 is 2.73 bits per heavy atom. The topological polar surface area (TPSA) is 111 Å². The maximum absolute atomic E-state index is 12.7. The summed E-state index contributed by atoms with van der Waals surface area (Å²) in [7, 11) is 1.26. The van der Waals surface area contributed by atoms with Crippen molar-refractivity contribution in [3.05, 3.63) is 58.9 Å². The van der Waals surface area contributed by atoms with Crippen LogP contribution < -0.4 is 11.1 Å². The van der Waals surface area contributed by atoms with Gasteiger partial charge in [-0.2, -0.15) is 0 Å². The zero-order valence-electron chi connectivity index (χ0n) is 14.1. The van der Waals surface area contributed by atoms with E-state index in [-0.39, 0.29) is 29.9 Å². The van der Waals surface area contributed by atoms with Crippen molar-refractivity contribution >= 4 is 34.9 Å². The third-order valence-corrected chi connectivity index (χ3v) is 3.87. The first-order valence-electron chi connectivity index (χ1n) is 7.80. The van der Waals surface area contributed by atoms with Crippen LogP contribution in [0.2, 0.25) is 5.02 Å². The largest absolute Gasteiger partial charge is 0.469 e. The normalized spacial score (nSPS) is 11.5. The van der Waals surface area contributed by atoms with Crippen molar-refractivity contribution in [1.82, 2.24) is 4.98 Å². The Hall–Kier alpha value is -2.77. The molecule has 0 saturated carbocycles. The van der Waals surface area contributed by atoms with Crippen LogP contribution in [0.5, 0.6) is 0 Å². The number of nitrogens with one attached hydrogen (secondary N) is 1. The number of hydrogen-bond donors (Lipinski definition) is 2. The van der Waals surface area contributed by atoms with Gasteiger partial charge in [0.1, 0.15) is 0 Å². The van der Waals surface area contributed by atoms with E-state index in [2.05, 4.69) is 15.0 Å². The summed E-state index contributed by atoms with van der Waals surface area (Å²) >= 11 is 5.99. The maximum Gasteiger partial charge on any atom is 0.305 e. The number of benzene rings is 1. The summed E-state index contributed by atoms with van der Waals surface area (Å²) in [5, 5.41) is 2.97. The van der Waals surface area contributed by atoms with Crippen molar-refractivity contribution < 1.29 is 19.1 Å². The highest BCUT2D eigenvalue weighted by molar-refractivity contribution is 6.31. The molecule has 0 saturated heterocycles. The van der Waals surface area contributed by atoms with Crippen LogP contribution in [0.15, 0.2) is 42.7 Å². The average Bonchev–Trinajstić information content (AvgIpc) is 2.67. The number of ether oxygens (including phenoxy) is 1. The predicted molar refractivity (Wildman–Crippen MR) is 97.0 cm³/mol. The molecule has 1 atom stereocenters. The fourth-order valence-corrected chi connectivity index (χ4v) is 2.37. The number of hydrogen-bond acceptors (Lipinski definition) is 6. The number of ketones is 1. The summed E-state index contributed by atoms with van der Waals surface area (Å²) in [5.74, 6) is -1.30. The van der Waals surface area contributed by atoms with E-state index < -0.39 is 17.9 Å². The number of carbonyl (C=O) groups is 3. The summed E-state index contributed by atoms with van der Waals surface area (Å²) < 4.78 is 4.52. The zero-order chi connectivity index (χ0) is 19.1. The highest BCUT2D eigenvalue weighted by atomic mass is 35.5. The maximum atomic E-state index is 12.7. The molecule has 3 N–H and O–H groups in total. The summed E-state index contributed by atoms with van der Waals surface area (Å²) in [6.45, 7) is 0. The third-order valence-electron chi connectivity index (χ3n) is 3.63. The van der Waals surface area contributed by atoms with Gasteiger partial charge in [0.05, 0.1) is 18.8 Å². The number of rotatable bonds is 7. The van der Waals surface area contributed by atoms with E-state index in [0.29, 0.717) is 10.6 Å². The van der Waals surface area contributed by atoms with Gasteiger partial charge in [-0.3, -0.25) is 19.4 Å². The number of carbonyl (C=O) groups excluding carboxylic acids is 3. The molecule has 0 aliphatic rings. The first-order valence-corrected chi connectivity index (χ1v) is 8.17. The number of anilines is 1. The highest BCUT2D eigenvalue weighted by Crippen LogP contribution is 2.24. The minimum absolute atomic E-state index is 0.0210.